The number of rotatable bonds is 5. The predicted octanol–water partition coefficient (Wildman–Crippen LogP) is 4.60. The van der Waals surface area contributed by atoms with Crippen molar-refractivity contribution in [2.45, 2.75) is 18.7 Å². The zero-order valence-corrected chi connectivity index (χ0v) is 16.2. The maximum atomic E-state index is 13.0. The van der Waals surface area contributed by atoms with E-state index in [9.17, 15) is 4.79 Å². The summed E-state index contributed by atoms with van der Waals surface area (Å²) < 4.78 is 17.0. The van der Waals surface area contributed by atoms with Gasteiger partial charge in [0, 0.05) is 11.6 Å². The third-order valence-corrected chi connectivity index (χ3v) is 5.41. The number of amides is 1. The van der Waals surface area contributed by atoms with Crippen LogP contribution < -0.4 is 14.2 Å². The first kappa shape index (κ1) is 17.9. The molecule has 1 fully saturated rings. The van der Waals surface area contributed by atoms with Crippen LogP contribution in [0.5, 0.6) is 17.2 Å². The average molecular weight is 408 g/mol. The van der Waals surface area contributed by atoms with Crippen molar-refractivity contribution in [3.8, 4) is 17.2 Å². The first-order valence-electron chi connectivity index (χ1n) is 9.35. The molecule has 29 heavy (non-hydrogen) atoms. The minimum absolute atomic E-state index is 0.0496. The number of nitrogens with zero attached hydrogens (tertiary/aromatic N) is 1. The van der Waals surface area contributed by atoms with Gasteiger partial charge in [0.1, 0.15) is 11.8 Å². The number of hydrogen-bond donors (Lipinski definition) is 0. The number of hydrogen-bond acceptors (Lipinski definition) is 4. The molecule has 2 atom stereocenters. The van der Waals surface area contributed by atoms with Crippen LogP contribution in [0.3, 0.4) is 0 Å². The van der Waals surface area contributed by atoms with Crippen LogP contribution in [0.15, 0.2) is 72.8 Å². The fourth-order valence-electron chi connectivity index (χ4n) is 3.69. The number of likely N-dealkylation sites (tertiary alicyclic amines) is 1. The molecule has 0 N–H and O–H groups in total. The number of β-lactam (4-membered cyclic amide) rings is 1. The number of para-hydroxylation sites is 1. The van der Waals surface area contributed by atoms with Gasteiger partial charge in [-0.3, -0.25) is 4.79 Å². The van der Waals surface area contributed by atoms with E-state index >= 15 is 0 Å². The molecule has 3 aromatic carbocycles. The molecule has 3 aromatic rings. The van der Waals surface area contributed by atoms with Crippen LogP contribution in [-0.4, -0.2) is 23.7 Å². The summed E-state index contributed by atoms with van der Waals surface area (Å²) in [6.45, 7) is 0.685. The standard InChI is InChI=1S/C23H18ClNO4/c24-17-9-6-15(7-10-17)13-25-21(16-8-11-19-20(12-16)28-14-27-19)22(23(25)26)29-18-4-2-1-3-5-18/h1-12,21-22H,13-14H2/t21-,22-/m1/s1. The highest BCUT2D eigenvalue weighted by molar-refractivity contribution is 6.30. The normalized spacial score (nSPS) is 19.8. The van der Waals surface area contributed by atoms with Gasteiger partial charge >= 0.3 is 0 Å². The maximum Gasteiger partial charge on any atom is 0.267 e. The summed E-state index contributed by atoms with van der Waals surface area (Å²) in [5, 5.41) is 0.668. The first-order chi connectivity index (χ1) is 14.2. The number of benzene rings is 3. The second kappa shape index (κ2) is 7.33. The van der Waals surface area contributed by atoms with E-state index in [0.29, 0.717) is 28.8 Å². The van der Waals surface area contributed by atoms with Crippen molar-refractivity contribution in [2.24, 2.45) is 0 Å². The van der Waals surface area contributed by atoms with Crippen molar-refractivity contribution in [2.75, 3.05) is 6.79 Å². The zero-order valence-electron chi connectivity index (χ0n) is 15.5. The van der Waals surface area contributed by atoms with Crippen molar-refractivity contribution < 1.29 is 19.0 Å². The fourth-order valence-corrected chi connectivity index (χ4v) is 3.82. The lowest BCUT2D eigenvalue weighted by Gasteiger charge is -2.46. The molecule has 0 aromatic heterocycles. The van der Waals surface area contributed by atoms with E-state index in [4.69, 9.17) is 25.8 Å². The van der Waals surface area contributed by atoms with Gasteiger partial charge in [-0.1, -0.05) is 48.0 Å². The van der Waals surface area contributed by atoms with Crippen molar-refractivity contribution in [1.82, 2.24) is 4.90 Å². The number of ether oxygens (including phenoxy) is 3. The van der Waals surface area contributed by atoms with Crippen molar-refractivity contribution in [1.29, 1.82) is 0 Å². The molecule has 2 heterocycles. The van der Waals surface area contributed by atoms with Gasteiger partial charge < -0.3 is 19.1 Å². The van der Waals surface area contributed by atoms with Gasteiger partial charge in [-0.25, -0.2) is 0 Å². The van der Waals surface area contributed by atoms with E-state index in [2.05, 4.69) is 0 Å². The molecular weight excluding hydrogens is 390 g/mol. The lowest BCUT2D eigenvalue weighted by molar-refractivity contribution is -0.165. The van der Waals surface area contributed by atoms with E-state index in [0.717, 1.165) is 11.1 Å². The predicted molar refractivity (Wildman–Crippen MR) is 108 cm³/mol. The van der Waals surface area contributed by atoms with Gasteiger partial charge in [-0.05, 0) is 47.5 Å². The van der Waals surface area contributed by atoms with E-state index in [1.165, 1.54) is 0 Å². The number of fused-ring (bicyclic) bond motifs is 1. The highest BCUT2D eigenvalue weighted by Crippen LogP contribution is 2.42. The summed E-state index contributed by atoms with van der Waals surface area (Å²) >= 11 is 5.99. The van der Waals surface area contributed by atoms with E-state index in [-0.39, 0.29) is 18.7 Å². The van der Waals surface area contributed by atoms with Crippen LogP contribution in [0.25, 0.3) is 0 Å². The Labute approximate surface area is 173 Å². The molecule has 5 nitrogen and oxygen atoms in total. The Kier molecular flexibility index (Phi) is 4.52. The van der Waals surface area contributed by atoms with Gasteiger partial charge in [0.15, 0.2) is 11.5 Å². The second-order valence-electron chi connectivity index (χ2n) is 7.00. The largest absolute Gasteiger partial charge is 0.478 e. The molecule has 0 saturated carbocycles. The van der Waals surface area contributed by atoms with E-state index in [1.54, 1.807) is 0 Å². The van der Waals surface area contributed by atoms with Gasteiger partial charge in [-0.15, -0.1) is 0 Å². The van der Waals surface area contributed by atoms with Crippen molar-refractivity contribution in [3.05, 3.63) is 88.9 Å². The van der Waals surface area contributed by atoms with Gasteiger partial charge in [0.25, 0.3) is 5.91 Å². The number of halogens is 1. The lowest BCUT2D eigenvalue weighted by Crippen LogP contribution is -2.60. The molecule has 2 aliphatic rings. The molecule has 0 unspecified atom stereocenters. The Morgan fingerprint density at radius 1 is 0.966 bits per heavy atom. The Hall–Kier alpha value is -3.18. The molecule has 2 aliphatic heterocycles. The van der Waals surface area contributed by atoms with E-state index < -0.39 is 6.10 Å². The Morgan fingerprint density at radius 3 is 2.52 bits per heavy atom. The van der Waals surface area contributed by atoms with Crippen LogP contribution in [0.4, 0.5) is 0 Å². The summed E-state index contributed by atoms with van der Waals surface area (Å²) in [5.74, 6) is 2.02. The lowest BCUT2D eigenvalue weighted by atomic mass is 9.89. The van der Waals surface area contributed by atoms with Crippen LogP contribution in [-0.2, 0) is 11.3 Å². The Balaban J connectivity index is 1.45. The third-order valence-electron chi connectivity index (χ3n) is 5.16. The first-order valence-corrected chi connectivity index (χ1v) is 9.73. The highest BCUT2D eigenvalue weighted by atomic mass is 35.5. The smallest absolute Gasteiger partial charge is 0.267 e. The Morgan fingerprint density at radius 2 is 1.72 bits per heavy atom. The monoisotopic (exact) mass is 407 g/mol. The average Bonchev–Trinajstić information content (AvgIpc) is 3.22. The molecule has 1 amide bonds. The molecule has 1 saturated heterocycles. The maximum absolute atomic E-state index is 13.0. The molecular formula is C23H18ClNO4. The molecule has 0 radical (unpaired) electrons. The minimum atomic E-state index is -0.593. The zero-order chi connectivity index (χ0) is 19.8. The Bertz CT molecular complexity index is 1040. The molecule has 0 spiro atoms. The minimum Gasteiger partial charge on any atom is -0.478 e. The van der Waals surface area contributed by atoms with Crippen LogP contribution in [0.2, 0.25) is 5.02 Å². The summed E-state index contributed by atoms with van der Waals surface area (Å²) in [7, 11) is 0. The van der Waals surface area contributed by atoms with Crippen molar-refractivity contribution in [3.63, 3.8) is 0 Å². The molecule has 0 aliphatic carbocycles. The molecule has 6 heteroatoms. The molecule has 0 bridgehead atoms. The third kappa shape index (κ3) is 3.38. The number of carbonyl (C=O) groups is 1. The van der Waals surface area contributed by atoms with Gasteiger partial charge in [0.05, 0.1) is 0 Å². The fraction of sp³-hybridized carbons (Fsp3) is 0.174. The molecule has 146 valence electrons. The summed E-state index contributed by atoms with van der Waals surface area (Å²) in [6.07, 6.45) is -0.593. The van der Waals surface area contributed by atoms with E-state index in [1.807, 2.05) is 77.7 Å². The van der Waals surface area contributed by atoms with Crippen LogP contribution in [0.1, 0.15) is 17.2 Å². The highest BCUT2D eigenvalue weighted by Gasteiger charge is 2.50. The summed E-state index contributed by atoms with van der Waals surface area (Å²) in [4.78, 5) is 14.8. The summed E-state index contributed by atoms with van der Waals surface area (Å²) in [6, 6.07) is 22.4. The molecule has 5 rings (SSSR count). The SMILES string of the molecule is O=C1[C@H](Oc2ccccc2)[C@@H](c2ccc3c(c2)OCO3)N1Cc1ccc(Cl)cc1. The van der Waals surface area contributed by atoms with Crippen LogP contribution in [0, 0.1) is 0 Å². The summed E-state index contributed by atoms with van der Waals surface area (Å²) in [5.41, 5.74) is 1.95. The quantitative estimate of drug-likeness (QED) is 0.580. The van der Waals surface area contributed by atoms with Crippen molar-refractivity contribution >= 4 is 17.5 Å². The van der Waals surface area contributed by atoms with Gasteiger partial charge in [-0.2, -0.15) is 0 Å². The topological polar surface area (TPSA) is 48.0 Å². The van der Waals surface area contributed by atoms with Gasteiger partial charge in [0.2, 0.25) is 12.9 Å². The van der Waals surface area contributed by atoms with Crippen LogP contribution >= 0.6 is 11.6 Å². The number of carbonyl (C=O) groups excluding carboxylic acids is 1. The second-order valence-corrected chi connectivity index (χ2v) is 7.44.